The van der Waals surface area contributed by atoms with Gasteiger partial charge in [-0.15, -0.1) is 10.2 Å². The number of nitrogens with zero attached hydrogens (tertiary/aromatic N) is 3. The second-order valence-electron chi connectivity index (χ2n) is 6.17. The highest BCUT2D eigenvalue weighted by molar-refractivity contribution is 7.99. The average molecular weight is 451 g/mol. The number of hydrogen-bond acceptors (Lipinski definition) is 5. The van der Waals surface area contributed by atoms with E-state index in [1.807, 2.05) is 34.9 Å². The fraction of sp³-hybridized carbons (Fsp3) is 0.250. The normalized spacial score (nSPS) is 10.9. The number of thioether (sulfide) groups is 1. The Hall–Kier alpha value is -2.06. The molecule has 0 aliphatic heterocycles. The van der Waals surface area contributed by atoms with Crippen LogP contribution < -0.4 is 5.32 Å². The molecule has 0 saturated carbocycles. The van der Waals surface area contributed by atoms with Gasteiger partial charge in [0.1, 0.15) is 5.82 Å². The number of nitrogens with one attached hydrogen (secondary N) is 1. The maximum absolute atomic E-state index is 12.3. The predicted octanol–water partition coefficient (Wildman–Crippen LogP) is 4.55. The van der Waals surface area contributed by atoms with Crippen molar-refractivity contribution in [1.29, 1.82) is 0 Å². The smallest absolute Gasteiger partial charge is 0.234 e. The quantitative estimate of drug-likeness (QED) is 0.484. The number of ether oxygens (including phenoxy) is 1. The van der Waals surface area contributed by atoms with Gasteiger partial charge in [0.05, 0.1) is 23.1 Å². The van der Waals surface area contributed by atoms with E-state index in [9.17, 15) is 4.79 Å². The van der Waals surface area contributed by atoms with Crippen molar-refractivity contribution in [2.24, 2.45) is 0 Å². The molecule has 9 heteroatoms. The zero-order chi connectivity index (χ0) is 20.6. The topological polar surface area (TPSA) is 69.0 Å². The molecule has 0 unspecified atom stereocenters. The number of benzene rings is 2. The molecule has 2 aromatic carbocycles. The van der Waals surface area contributed by atoms with E-state index in [2.05, 4.69) is 15.5 Å². The minimum absolute atomic E-state index is 0.176. The Morgan fingerprint density at radius 1 is 1.17 bits per heavy atom. The largest absolute Gasteiger partial charge is 0.383 e. The monoisotopic (exact) mass is 450 g/mol. The lowest BCUT2D eigenvalue weighted by Gasteiger charge is -2.10. The van der Waals surface area contributed by atoms with Crippen LogP contribution in [0.5, 0.6) is 0 Å². The van der Waals surface area contributed by atoms with E-state index in [-0.39, 0.29) is 11.7 Å². The number of carbonyl (C=O) groups is 1. The van der Waals surface area contributed by atoms with Gasteiger partial charge >= 0.3 is 0 Å². The van der Waals surface area contributed by atoms with Crippen molar-refractivity contribution >= 4 is 46.6 Å². The fourth-order valence-corrected chi connectivity index (χ4v) is 3.89. The van der Waals surface area contributed by atoms with Gasteiger partial charge in [-0.25, -0.2) is 0 Å². The summed E-state index contributed by atoms with van der Waals surface area (Å²) in [6.07, 6.45) is 0.657. The lowest BCUT2D eigenvalue weighted by atomic mass is 10.1. The molecule has 0 aliphatic rings. The molecule has 0 fully saturated rings. The summed E-state index contributed by atoms with van der Waals surface area (Å²) >= 11 is 13.3. The third-order valence-corrected chi connectivity index (χ3v) is 5.57. The molecule has 1 amide bonds. The van der Waals surface area contributed by atoms with E-state index in [0.717, 1.165) is 11.4 Å². The highest BCUT2D eigenvalue weighted by Gasteiger charge is 2.15. The lowest BCUT2D eigenvalue weighted by Crippen LogP contribution is -2.15. The first-order valence-electron chi connectivity index (χ1n) is 8.89. The van der Waals surface area contributed by atoms with Gasteiger partial charge in [-0.05, 0) is 23.8 Å². The molecule has 3 aromatic rings. The number of rotatable bonds is 9. The maximum Gasteiger partial charge on any atom is 0.234 e. The molecule has 0 bridgehead atoms. The van der Waals surface area contributed by atoms with Crippen molar-refractivity contribution in [2.75, 3.05) is 24.8 Å². The van der Waals surface area contributed by atoms with Gasteiger partial charge in [-0.2, -0.15) is 0 Å². The Morgan fingerprint density at radius 3 is 2.69 bits per heavy atom. The van der Waals surface area contributed by atoms with Gasteiger partial charge in [0, 0.05) is 25.1 Å². The summed E-state index contributed by atoms with van der Waals surface area (Å²) < 4.78 is 7.20. The number of halogens is 2. The Labute approximate surface area is 183 Å². The highest BCUT2D eigenvalue weighted by atomic mass is 35.5. The van der Waals surface area contributed by atoms with Crippen LogP contribution in [0.15, 0.2) is 53.7 Å². The van der Waals surface area contributed by atoms with Crippen molar-refractivity contribution in [3.63, 3.8) is 0 Å². The van der Waals surface area contributed by atoms with E-state index in [4.69, 9.17) is 27.9 Å². The van der Waals surface area contributed by atoms with Crippen LogP contribution in [-0.4, -0.2) is 40.1 Å². The molecule has 0 spiro atoms. The molecule has 152 valence electrons. The van der Waals surface area contributed by atoms with Crippen LogP contribution in [-0.2, 0) is 22.5 Å². The SMILES string of the molecule is COCCn1c(Cc2ccccc2)nnc1SCC(=O)Nc1ccc(Cl)cc1Cl. The van der Waals surface area contributed by atoms with Crippen molar-refractivity contribution in [1.82, 2.24) is 14.8 Å². The fourth-order valence-electron chi connectivity index (χ4n) is 2.65. The Kier molecular flexibility index (Phi) is 7.94. The average Bonchev–Trinajstić information content (AvgIpc) is 3.09. The molecule has 0 saturated heterocycles. The molecule has 1 heterocycles. The first-order valence-corrected chi connectivity index (χ1v) is 10.6. The molecule has 0 radical (unpaired) electrons. The van der Waals surface area contributed by atoms with E-state index in [0.29, 0.717) is 40.5 Å². The standard InChI is InChI=1S/C20H20Cl2N4O2S/c1-28-10-9-26-18(11-14-5-3-2-4-6-14)24-25-20(26)29-13-19(27)23-17-8-7-15(21)12-16(17)22/h2-8,12H,9-11,13H2,1H3,(H,23,27). The molecule has 0 atom stereocenters. The van der Waals surface area contributed by atoms with Crippen LogP contribution in [0.3, 0.4) is 0 Å². The first kappa shape index (κ1) is 21.6. The number of anilines is 1. The van der Waals surface area contributed by atoms with E-state index < -0.39 is 0 Å². The number of methoxy groups -OCH3 is 1. The number of amides is 1. The molecule has 3 rings (SSSR count). The van der Waals surface area contributed by atoms with Crippen molar-refractivity contribution in [2.45, 2.75) is 18.1 Å². The van der Waals surface area contributed by atoms with E-state index in [1.54, 1.807) is 25.3 Å². The van der Waals surface area contributed by atoms with Crippen LogP contribution >= 0.6 is 35.0 Å². The zero-order valence-electron chi connectivity index (χ0n) is 15.8. The molecular formula is C20H20Cl2N4O2S. The van der Waals surface area contributed by atoms with Crippen LogP contribution in [0, 0.1) is 0 Å². The van der Waals surface area contributed by atoms with Gasteiger partial charge < -0.3 is 14.6 Å². The summed E-state index contributed by atoms with van der Waals surface area (Å²) in [7, 11) is 1.65. The van der Waals surface area contributed by atoms with Crippen LogP contribution in [0.2, 0.25) is 10.0 Å². The summed E-state index contributed by atoms with van der Waals surface area (Å²) in [6, 6.07) is 15.0. The second-order valence-corrected chi connectivity index (χ2v) is 7.95. The van der Waals surface area contributed by atoms with Gasteiger partial charge in [0.15, 0.2) is 5.16 Å². The predicted molar refractivity (Wildman–Crippen MR) is 117 cm³/mol. The Bertz CT molecular complexity index is 966. The van der Waals surface area contributed by atoms with Gasteiger partial charge in [-0.1, -0.05) is 65.3 Å². The molecule has 1 aromatic heterocycles. The van der Waals surface area contributed by atoms with E-state index >= 15 is 0 Å². The number of hydrogen-bond donors (Lipinski definition) is 1. The Balaban J connectivity index is 1.66. The molecule has 6 nitrogen and oxygen atoms in total. The molecule has 1 N–H and O–H groups in total. The summed E-state index contributed by atoms with van der Waals surface area (Å²) in [5, 5.41) is 13.0. The minimum Gasteiger partial charge on any atom is -0.383 e. The van der Waals surface area contributed by atoms with Gasteiger partial charge in [0.25, 0.3) is 0 Å². The van der Waals surface area contributed by atoms with Gasteiger partial charge in [0.2, 0.25) is 5.91 Å². The van der Waals surface area contributed by atoms with Crippen molar-refractivity contribution in [3.8, 4) is 0 Å². The third kappa shape index (κ3) is 6.21. The van der Waals surface area contributed by atoms with Crippen LogP contribution in [0.4, 0.5) is 5.69 Å². The number of carbonyl (C=O) groups excluding carboxylic acids is 1. The van der Waals surface area contributed by atoms with Gasteiger partial charge in [-0.3, -0.25) is 4.79 Å². The third-order valence-electron chi connectivity index (χ3n) is 4.06. The summed E-state index contributed by atoms with van der Waals surface area (Å²) in [4.78, 5) is 12.3. The summed E-state index contributed by atoms with van der Waals surface area (Å²) in [5.74, 6) is 0.817. The van der Waals surface area contributed by atoms with E-state index in [1.165, 1.54) is 11.8 Å². The summed E-state index contributed by atoms with van der Waals surface area (Å²) in [5.41, 5.74) is 1.66. The maximum atomic E-state index is 12.3. The first-order chi connectivity index (χ1) is 14.1. The zero-order valence-corrected chi connectivity index (χ0v) is 18.1. The second kappa shape index (κ2) is 10.6. The van der Waals surface area contributed by atoms with Crippen LogP contribution in [0.1, 0.15) is 11.4 Å². The van der Waals surface area contributed by atoms with Crippen molar-refractivity contribution in [3.05, 3.63) is 70.0 Å². The van der Waals surface area contributed by atoms with Crippen molar-refractivity contribution < 1.29 is 9.53 Å². The molecular weight excluding hydrogens is 431 g/mol. The summed E-state index contributed by atoms with van der Waals surface area (Å²) in [6.45, 7) is 1.14. The molecule has 29 heavy (non-hydrogen) atoms. The molecule has 0 aliphatic carbocycles. The van der Waals surface area contributed by atoms with Crippen LogP contribution in [0.25, 0.3) is 0 Å². The Morgan fingerprint density at radius 2 is 1.97 bits per heavy atom. The number of aromatic nitrogens is 3. The highest BCUT2D eigenvalue weighted by Crippen LogP contribution is 2.26. The minimum atomic E-state index is -0.190. The lowest BCUT2D eigenvalue weighted by molar-refractivity contribution is -0.113.